The van der Waals surface area contributed by atoms with Gasteiger partial charge in [-0.25, -0.2) is 0 Å². The third-order valence-corrected chi connectivity index (χ3v) is 4.70. The van der Waals surface area contributed by atoms with Gasteiger partial charge in [0.1, 0.15) is 0 Å². The highest BCUT2D eigenvalue weighted by molar-refractivity contribution is 7.98. The van der Waals surface area contributed by atoms with E-state index in [4.69, 9.17) is 5.11 Å². The van der Waals surface area contributed by atoms with Gasteiger partial charge >= 0.3 is 0 Å². The van der Waals surface area contributed by atoms with E-state index in [1.54, 1.807) is 11.8 Å². The molecule has 0 heterocycles. The second kappa shape index (κ2) is 8.32. The van der Waals surface area contributed by atoms with E-state index in [9.17, 15) is 4.79 Å². The fourth-order valence-corrected chi connectivity index (χ4v) is 3.37. The van der Waals surface area contributed by atoms with Crippen LogP contribution in [0.5, 0.6) is 0 Å². The molecule has 1 aliphatic carbocycles. The summed E-state index contributed by atoms with van der Waals surface area (Å²) in [5.74, 6) is 1.97. The van der Waals surface area contributed by atoms with Gasteiger partial charge in [-0.2, -0.15) is 11.8 Å². The normalized spacial score (nSPS) is 15.4. The Morgan fingerprint density at radius 2 is 1.85 bits per heavy atom. The van der Waals surface area contributed by atoms with E-state index in [2.05, 4.69) is 5.32 Å². The highest BCUT2D eigenvalue weighted by Crippen LogP contribution is 2.18. The van der Waals surface area contributed by atoms with E-state index in [0.717, 1.165) is 29.9 Å². The summed E-state index contributed by atoms with van der Waals surface area (Å²) >= 11 is 1.78. The van der Waals surface area contributed by atoms with Gasteiger partial charge in [-0.05, 0) is 24.0 Å². The molecule has 0 atom stereocenters. The number of carbonyl (C=O) groups excluding carboxylic acids is 1. The average molecular weight is 293 g/mol. The van der Waals surface area contributed by atoms with Crippen molar-refractivity contribution >= 4 is 17.7 Å². The summed E-state index contributed by atoms with van der Waals surface area (Å²) in [6, 6.07) is 8.40. The number of aliphatic hydroxyl groups is 1. The fourth-order valence-electron chi connectivity index (χ4n) is 2.47. The van der Waals surface area contributed by atoms with Crippen molar-refractivity contribution in [3.63, 3.8) is 0 Å². The second-order valence-electron chi connectivity index (χ2n) is 5.33. The second-order valence-corrected chi connectivity index (χ2v) is 6.43. The van der Waals surface area contributed by atoms with Gasteiger partial charge in [0.15, 0.2) is 0 Å². The van der Waals surface area contributed by atoms with E-state index in [0.29, 0.717) is 12.5 Å². The molecule has 1 fully saturated rings. The van der Waals surface area contributed by atoms with Crippen molar-refractivity contribution in [2.45, 2.75) is 50.5 Å². The lowest BCUT2D eigenvalue weighted by Crippen LogP contribution is -2.32. The van der Waals surface area contributed by atoms with Crippen molar-refractivity contribution < 1.29 is 9.90 Å². The maximum Gasteiger partial charge on any atom is 0.221 e. The Morgan fingerprint density at radius 1 is 1.20 bits per heavy atom. The fraction of sp³-hybridized carbons (Fsp3) is 0.562. The summed E-state index contributed by atoms with van der Waals surface area (Å²) in [4.78, 5) is 11.7. The largest absolute Gasteiger partial charge is 0.392 e. The smallest absolute Gasteiger partial charge is 0.221 e. The zero-order valence-electron chi connectivity index (χ0n) is 11.8. The van der Waals surface area contributed by atoms with Crippen LogP contribution >= 0.6 is 11.8 Å². The molecule has 1 amide bonds. The standard InChI is InChI=1S/C16H23NO2S/c18-11-13-5-7-14(8-6-13)12-20-10-9-16(19)17-15-3-1-2-4-15/h5-8,15,18H,1-4,9-12H2,(H,17,19). The Bertz CT molecular complexity index is 413. The maximum atomic E-state index is 11.7. The highest BCUT2D eigenvalue weighted by atomic mass is 32.2. The number of rotatable bonds is 7. The van der Waals surface area contributed by atoms with Crippen LogP contribution in [0.3, 0.4) is 0 Å². The van der Waals surface area contributed by atoms with Gasteiger partial charge < -0.3 is 10.4 Å². The average Bonchev–Trinajstić information content (AvgIpc) is 2.97. The molecule has 4 heteroatoms. The zero-order valence-corrected chi connectivity index (χ0v) is 12.6. The molecule has 0 aromatic heterocycles. The molecule has 2 N–H and O–H groups in total. The molecule has 0 aliphatic heterocycles. The molecule has 3 nitrogen and oxygen atoms in total. The SMILES string of the molecule is O=C(CCSCc1ccc(CO)cc1)NC1CCCC1. The molecule has 110 valence electrons. The third kappa shape index (κ3) is 5.17. The molecule has 1 aromatic carbocycles. The van der Waals surface area contributed by atoms with E-state index in [-0.39, 0.29) is 12.5 Å². The van der Waals surface area contributed by atoms with Crippen LogP contribution in [0, 0.1) is 0 Å². The lowest BCUT2D eigenvalue weighted by Gasteiger charge is -2.11. The molecule has 1 aliphatic rings. The molecule has 1 aromatic rings. The first kappa shape index (κ1) is 15.4. The minimum Gasteiger partial charge on any atom is -0.392 e. The number of amides is 1. The maximum absolute atomic E-state index is 11.7. The Hall–Kier alpha value is -1.00. The minimum absolute atomic E-state index is 0.0920. The van der Waals surface area contributed by atoms with Crippen LogP contribution < -0.4 is 5.32 Å². The Balaban J connectivity index is 1.59. The summed E-state index contributed by atoms with van der Waals surface area (Å²) in [6.45, 7) is 0.0920. The summed E-state index contributed by atoms with van der Waals surface area (Å²) in [5, 5.41) is 12.1. The number of hydrogen-bond donors (Lipinski definition) is 2. The molecule has 20 heavy (non-hydrogen) atoms. The third-order valence-electron chi connectivity index (χ3n) is 3.67. The van der Waals surface area contributed by atoms with Crippen molar-refractivity contribution in [3.05, 3.63) is 35.4 Å². The Labute approximate surface area is 125 Å². The van der Waals surface area contributed by atoms with Crippen molar-refractivity contribution in [1.29, 1.82) is 0 Å². The molecule has 0 radical (unpaired) electrons. The zero-order chi connectivity index (χ0) is 14.2. The predicted octanol–water partition coefficient (Wildman–Crippen LogP) is 2.86. The van der Waals surface area contributed by atoms with Crippen LogP contribution in [0.4, 0.5) is 0 Å². The molecule has 2 rings (SSSR count). The number of benzene rings is 1. The van der Waals surface area contributed by atoms with Gasteiger partial charge in [0.2, 0.25) is 5.91 Å². The lowest BCUT2D eigenvalue weighted by atomic mass is 10.2. The number of aliphatic hydroxyl groups excluding tert-OH is 1. The van der Waals surface area contributed by atoms with E-state index in [1.165, 1.54) is 18.4 Å². The summed E-state index contributed by atoms with van der Waals surface area (Å²) in [6.07, 6.45) is 5.41. The summed E-state index contributed by atoms with van der Waals surface area (Å²) < 4.78 is 0. The predicted molar refractivity (Wildman–Crippen MR) is 83.5 cm³/mol. The molecular weight excluding hydrogens is 270 g/mol. The molecule has 0 spiro atoms. The van der Waals surface area contributed by atoms with Gasteiger partial charge in [-0.1, -0.05) is 37.1 Å². The molecule has 0 bridgehead atoms. The van der Waals surface area contributed by atoms with Crippen molar-refractivity contribution in [3.8, 4) is 0 Å². The van der Waals surface area contributed by atoms with Crippen LogP contribution in [-0.2, 0) is 17.2 Å². The van der Waals surface area contributed by atoms with Gasteiger partial charge in [-0.15, -0.1) is 0 Å². The first-order valence-corrected chi connectivity index (χ1v) is 8.49. The van der Waals surface area contributed by atoms with Gasteiger partial charge in [0.05, 0.1) is 6.61 Å². The Kier molecular flexibility index (Phi) is 6.40. The monoisotopic (exact) mass is 293 g/mol. The topological polar surface area (TPSA) is 49.3 Å². The van der Waals surface area contributed by atoms with Gasteiger partial charge in [-0.3, -0.25) is 4.79 Å². The van der Waals surface area contributed by atoms with Crippen molar-refractivity contribution in [1.82, 2.24) is 5.32 Å². The van der Waals surface area contributed by atoms with E-state index in [1.807, 2.05) is 24.3 Å². The molecule has 0 saturated heterocycles. The highest BCUT2D eigenvalue weighted by Gasteiger charge is 2.16. The van der Waals surface area contributed by atoms with E-state index < -0.39 is 0 Å². The lowest BCUT2D eigenvalue weighted by molar-refractivity contribution is -0.121. The Morgan fingerprint density at radius 3 is 2.50 bits per heavy atom. The summed E-state index contributed by atoms with van der Waals surface area (Å²) in [5.41, 5.74) is 2.18. The molecular formula is C16H23NO2S. The number of hydrogen-bond acceptors (Lipinski definition) is 3. The van der Waals surface area contributed by atoms with Crippen molar-refractivity contribution in [2.24, 2.45) is 0 Å². The van der Waals surface area contributed by atoms with Crippen LogP contribution in [-0.4, -0.2) is 22.8 Å². The van der Waals surface area contributed by atoms with Gasteiger partial charge in [0, 0.05) is 24.0 Å². The van der Waals surface area contributed by atoms with Gasteiger partial charge in [0.25, 0.3) is 0 Å². The van der Waals surface area contributed by atoms with E-state index >= 15 is 0 Å². The first-order valence-electron chi connectivity index (χ1n) is 7.33. The summed E-state index contributed by atoms with van der Waals surface area (Å²) in [7, 11) is 0. The molecule has 0 unspecified atom stereocenters. The van der Waals surface area contributed by atoms with Crippen LogP contribution in [0.15, 0.2) is 24.3 Å². The number of carbonyl (C=O) groups is 1. The van der Waals surface area contributed by atoms with Crippen molar-refractivity contribution in [2.75, 3.05) is 5.75 Å². The first-order chi connectivity index (χ1) is 9.78. The van der Waals surface area contributed by atoms with Crippen LogP contribution in [0.25, 0.3) is 0 Å². The van der Waals surface area contributed by atoms with Crippen LogP contribution in [0.1, 0.15) is 43.2 Å². The quantitative estimate of drug-likeness (QED) is 0.760. The molecule has 1 saturated carbocycles. The van der Waals surface area contributed by atoms with Crippen LogP contribution in [0.2, 0.25) is 0 Å². The minimum atomic E-state index is 0.0920. The number of nitrogens with one attached hydrogen (secondary N) is 1. The number of thioether (sulfide) groups is 1.